The van der Waals surface area contributed by atoms with E-state index in [2.05, 4.69) is 20.7 Å². The molecule has 1 aromatic carbocycles. The molecule has 0 aliphatic rings. The van der Waals surface area contributed by atoms with Crippen LogP contribution in [0.5, 0.6) is 0 Å². The highest BCUT2D eigenvalue weighted by Gasteiger charge is 2.29. The fourth-order valence-electron chi connectivity index (χ4n) is 1.52. The van der Waals surface area contributed by atoms with Gasteiger partial charge in [-0.3, -0.25) is 4.79 Å². The molecule has 0 aliphatic carbocycles. The first-order valence-electron chi connectivity index (χ1n) is 5.89. The van der Waals surface area contributed by atoms with Crippen molar-refractivity contribution in [2.24, 2.45) is 5.92 Å². The van der Waals surface area contributed by atoms with Crippen LogP contribution in [0.15, 0.2) is 27.6 Å². The summed E-state index contributed by atoms with van der Waals surface area (Å²) >= 11 is 2.92. The molecule has 0 aliphatic heterocycles. The third-order valence-electron chi connectivity index (χ3n) is 2.96. The van der Waals surface area contributed by atoms with Gasteiger partial charge in [-0.1, -0.05) is 20.3 Å². The van der Waals surface area contributed by atoms with E-state index in [0.29, 0.717) is 6.42 Å². The standard InChI is InChI=1S/C12H15BrFNO4S/c1-3-7(2)11(12(16)17)15-20(18,19)8-4-5-9(13)10(14)6-8/h4-7,11,15H,3H2,1-2H3,(H,16,17)/t7-,11-/m0/s1. The zero-order valence-corrected chi connectivity index (χ0v) is 13.3. The molecule has 0 fully saturated rings. The summed E-state index contributed by atoms with van der Waals surface area (Å²) in [7, 11) is -4.09. The third-order valence-corrected chi connectivity index (χ3v) is 5.04. The second kappa shape index (κ2) is 6.64. The normalized spacial score (nSPS) is 14.8. The molecule has 0 spiro atoms. The van der Waals surface area contributed by atoms with E-state index in [1.165, 1.54) is 12.1 Å². The quantitative estimate of drug-likeness (QED) is 0.808. The first kappa shape index (κ1) is 17.1. The van der Waals surface area contributed by atoms with Crippen LogP contribution >= 0.6 is 15.9 Å². The second-order valence-electron chi connectivity index (χ2n) is 4.40. The topological polar surface area (TPSA) is 83.5 Å². The van der Waals surface area contributed by atoms with Gasteiger partial charge in [0.05, 0.1) is 9.37 Å². The van der Waals surface area contributed by atoms with E-state index in [1.807, 2.05) is 0 Å². The molecule has 0 heterocycles. The lowest BCUT2D eigenvalue weighted by Crippen LogP contribution is -2.44. The summed E-state index contributed by atoms with van der Waals surface area (Å²) < 4.78 is 39.8. The molecular formula is C12H15BrFNO4S. The molecule has 0 saturated heterocycles. The zero-order chi connectivity index (χ0) is 15.5. The first-order valence-corrected chi connectivity index (χ1v) is 8.16. The second-order valence-corrected chi connectivity index (χ2v) is 6.97. The minimum Gasteiger partial charge on any atom is -0.480 e. The van der Waals surface area contributed by atoms with Crippen molar-refractivity contribution in [2.45, 2.75) is 31.2 Å². The van der Waals surface area contributed by atoms with Crippen molar-refractivity contribution < 1.29 is 22.7 Å². The Hall–Kier alpha value is -0.990. The predicted molar refractivity (Wildman–Crippen MR) is 75.3 cm³/mol. The zero-order valence-electron chi connectivity index (χ0n) is 10.9. The van der Waals surface area contributed by atoms with Gasteiger partial charge in [0.25, 0.3) is 0 Å². The van der Waals surface area contributed by atoms with Gasteiger partial charge in [-0.15, -0.1) is 0 Å². The van der Waals surface area contributed by atoms with E-state index in [9.17, 15) is 17.6 Å². The molecule has 0 radical (unpaired) electrons. The number of hydrogen-bond acceptors (Lipinski definition) is 3. The van der Waals surface area contributed by atoms with Crippen LogP contribution in [0.4, 0.5) is 4.39 Å². The largest absolute Gasteiger partial charge is 0.480 e. The summed E-state index contributed by atoms with van der Waals surface area (Å²) in [4.78, 5) is 10.8. The Bertz CT molecular complexity index is 605. The van der Waals surface area contributed by atoms with Crippen LogP contribution in [0.1, 0.15) is 20.3 Å². The van der Waals surface area contributed by atoms with Crippen molar-refractivity contribution in [1.82, 2.24) is 4.72 Å². The van der Waals surface area contributed by atoms with Crippen LogP contribution < -0.4 is 4.72 Å². The Morgan fingerprint density at radius 2 is 2.10 bits per heavy atom. The fourth-order valence-corrected chi connectivity index (χ4v) is 3.08. The number of halogens is 2. The number of hydrogen-bond donors (Lipinski definition) is 2. The number of nitrogens with one attached hydrogen (secondary N) is 1. The fraction of sp³-hybridized carbons (Fsp3) is 0.417. The monoisotopic (exact) mass is 367 g/mol. The van der Waals surface area contributed by atoms with E-state index in [4.69, 9.17) is 5.11 Å². The van der Waals surface area contributed by atoms with Crippen LogP contribution in [0.25, 0.3) is 0 Å². The van der Waals surface area contributed by atoms with Crippen molar-refractivity contribution in [3.63, 3.8) is 0 Å². The van der Waals surface area contributed by atoms with Gasteiger partial charge >= 0.3 is 5.97 Å². The molecule has 0 aromatic heterocycles. The number of sulfonamides is 1. The lowest BCUT2D eigenvalue weighted by atomic mass is 10.0. The summed E-state index contributed by atoms with van der Waals surface area (Å²) in [6.07, 6.45) is 0.494. The third kappa shape index (κ3) is 4.00. The Morgan fingerprint density at radius 3 is 2.55 bits per heavy atom. The summed E-state index contributed by atoms with van der Waals surface area (Å²) in [5.74, 6) is -2.38. The average molecular weight is 368 g/mol. The summed E-state index contributed by atoms with van der Waals surface area (Å²) in [6, 6.07) is 2.03. The van der Waals surface area contributed by atoms with E-state index < -0.39 is 27.9 Å². The minimum absolute atomic E-state index is 0.133. The highest BCUT2D eigenvalue weighted by molar-refractivity contribution is 9.10. The number of carbonyl (C=O) groups is 1. The van der Waals surface area contributed by atoms with Gasteiger partial charge in [0.2, 0.25) is 10.0 Å². The molecule has 0 unspecified atom stereocenters. The van der Waals surface area contributed by atoms with E-state index >= 15 is 0 Å². The van der Waals surface area contributed by atoms with Crippen LogP contribution in [0, 0.1) is 11.7 Å². The molecule has 8 heteroatoms. The highest BCUT2D eigenvalue weighted by atomic mass is 79.9. The van der Waals surface area contributed by atoms with Gasteiger partial charge in [0.1, 0.15) is 11.9 Å². The van der Waals surface area contributed by atoms with Crippen LogP contribution in [-0.2, 0) is 14.8 Å². The number of carboxylic acids is 1. The molecule has 0 bridgehead atoms. The maximum Gasteiger partial charge on any atom is 0.322 e. The van der Waals surface area contributed by atoms with Gasteiger partial charge in [-0.05, 0) is 40.0 Å². The predicted octanol–water partition coefficient (Wildman–Crippen LogP) is 2.37. The molecule has 2 atom stereocenters. The Labute approximate surface area is 125 Å². The molecule has 20 heavy (non-hydrogen) atoms. The summed E-state index contributed by atoms with van der Waals surface area (Å²) in [6.45, 7) is 3.39. The van der Waals surface area contributed by atoms with Crippen LogP contribution in [-0.4, -0.2) is 25.5 Å². The maximum absolute atomic E-state index is 13.4. The number of carboxylic acid groups (broad SMARTS) is 1. The molecule has 1 rings (SSSR count). The summed E-state index contributed by atoms with van der Waals surface area (Å²) in [5.41, 5.74) is 0. The van der Waals surface area contributed by atoms with Gasteiger partial charge < -0.3 is 5.11 Å². The van der Waals surface area contributed by atoms with Crippen molar-refractivity contribution in [1.29, 1.82) is 0 Å². The van der Waals surface area contributed by atoms with Crippen molar-refractivity contribution >= 4 is 31.9 Å². The van der Waals surface area contributed by atoms with Crippen molar-refractivity contribution in [2.75, 3.05) is 0 Å². The first-order chi connectivity index (χ1) is 9.19. The van der Waals surface area contributed by atoms with Crippen molar-refractivity contribution in [3.8, 4) is 0 Å². The molecular weight excluding hydrogens is 353 g/mol. The lowest BCUT2D eigenvalue weighted by molar-refractivity contribution is -0.140. The molecule has 2 N–H and O–H groups in total. The Morgan fingerprint density at radius 1 is 1.50 bits per heavy atom. The van der Waals surface area contributed by atoms with Crippen molar-refractivity contribution in [3.05, 3.63) is 28.5 Å². The number of rotatable bonds is 6. The molecule has 112 valence electrons. The van der Waals surface area contributed by atoms with Crippen LogP contribution in [0.3, 0.4) is 0 Å². The molecule has 5 nitrogen and oxygen atoms in total. The number of benzene rings is 1. The maximum atomic E-state index is 13.4. The SMILES string of the molecule is CC[C@H](C)[C@H](NS(=O)(=O)c1ccc(Br)c(F)c1)C(=O)O. The lowest BCUT2D eigenvalue weighted by Gasteiger charge is -2.20. The number of aliphatic carboxylic acids is 1. The van der Waals surface area contributed by atoms with Gasteiger partial charge in [-0.25, -0.2) is 12.8 Å². The molecule has 0 saturated carbocycles. The van der Waals surface area contributed by atoms with E-state index in [-0.39, 0.29) is 15.3 Å². The highest BCUT2D eigenvalue weighted by Crippen LogP contribution is 2.20. The molecule has 0 amide bonds. The van der Waals surface area contributed by atoms with E-state index in [1.54, 1.807) is 13.8 Å². The smallest absolute Gasteiger partial charge is 0.322 e. The Balaban J connectivity index is 3.09. The van der Waals surface area contributed by atoms with Gasteiger partial charge in [0.15, 0.2) is 0 Å². The average Bonchev–Trinajstić information content (AvgIpc) is 2.38. The van der Waals surface area contributed by atoms with Gasteiger partial charge in [0, 0.05) is 0 Å². The molecule has 1 aromatic rings. The van der Waals surface area contributed by atoms with E-state index in [0.717, 1.165) is 6.07 Å². The minimum atomic E-state index is -4.09. The van der Waals surface area contributed by atoms with Crippen LogP contribution in [0.2, 0.25) is 0 Å². The summed E-state index contributed by atoms with van der Waals surface area (Å²) in [5, 5.41) is 9.08. The van der Waals surface area contributed by atoms with Gasteiger partial charge in [-0.2, -0.15) is 4.72 Å². The Kier molecular flexibility index (Phi) is 5.67.